The first-order valence-electron chi connectivity index (χ1n) is 11.0. The standard InChI is InChI=1S/C24H27N5O4/c1-15(2)32-23-19(11-25)10-20(12-26-23)24-27-22(28-33-24)18-4-3-16-5-7-29(13-21(31)14-30)8-6-17(16)9-18/h3-4,9-10,12,15,21,30-31H,5-8,13-14H2,1-2H3/t21-/m0/s1. The van der Waals surface area contributed by atoms with E-state index < -0.39 is 6.10 Å². The Morgan fingerprint density at radius 1 is 1.18 bits per heavy atom. The van der Waals surface area contributed by atoms with Gasteiger partial charge in [-0.05, 0) is 49.9 Å². The second-order valence-corrected chi connectivity index (χ2v) is 8.40. The molecule has 3 heterocycles. The summed E-state index contributed by atoms with van der Waals surface area (Å²) in [6.07, 6.45) is 2.45. The zero-order chi connectivity index (χ0) is 23.4. The number of aliphatic hydroxyl groups is 2. The van der Waals surface area contributed by atoms with Crippen molar-refractivity contribution in [2.45, 2.75) is 38.9 Å². The van der Waals surface area contributed by atoms with Crippen LogP contribution < -0.4 is 4.74 Å². The van der Waals surface area contributed by atoms with Gasteiger partial charge in [-0.3, -0.25) is 0 Å². The quantitative estimate of drug-likeness (QED) is 0.558. The van der Waals surface area contributed by atoms with Crippen LogP contribution in [0.1, 0.15) is 30.5 Å². The minimum atomic E-state index is -0.721. The summed E-state index contributed by atoms with van der Waals surface area (Å²) in [7, 11) is 0. The Kier molecular flexibility index (Phi) is 6.99. The predicted molar refractivity (Wildman–Crippen MR) is 120 cm³/mol. The Hall–Kier alpha value is -3.32. The smallest absolute Gasteiger partial charge is 0.259 e. The predicted octanol–water partition coefficient (Wildman–Crippen LogP) is 2.21. The summed E-state index contributed by atoms with van der Waals surface area (Å²) >= 11 is 0. The van der Waals surface area contributed by atoms with E-state index in [0.29, 0.717) is 23.5 Å². The van der Waals surface area contributed by atoms with Crippen molar-refractivity contribution in [3.63, 3.8) is 0 Å². The van der Waals surface area contributed by atoms with E-state index in [9.17, 15) is 10.4 Å². The van der Waals surface area contributed by atoms with Gasteiger partial charge in [0.25, 0.3) is 5.89 Å². The van der Waals surface area contributed by atoms with Crippen LogP contribution in [0.15, 0.2) is 35.0 Å². The molecule has 172 valence electrons. The molecular weight excluding hydrogens is 422 g/mol. The first kappa shape index (κ1) is 22.9. The van der Waals surface area contributed by atoms with E-state index in [0.717, 1.165) is 31.5 Å². The molecule has 9 heteroatoms. The van der Waals surface area contributed by atoms with Gasteiger partial charge in [0.1, 0.15) is 11.6 Å². The van der Waals surface area contributed by atoms with Gasteiger partial charge in [0.2, 0.25) is 11.7 Å². The molecule has 3 aromatic rings. The third kappa shape index (κ3) is 5.37. The second kappa shape index (κ2) is 10.1. The molecular formula is C24H27N5O4. The van der Waals surface area contributed by atoms with E-state index in [4.69, 9.17) is 14.4 Å². The third-order valence-electron chi connectivity index (χ3n) is 5.53. The van der Waals surface area contributed by atoms with Gasteiger partial charge < -0.3 is 24.4 Å². The fourth-order valence-corrected chi connectivity index (χ4v) is 3.87. The maximum absolute atomic E-state index is 9.75. The van der Waals surface area contributed by atoms with Gasteiger partial charge in [-0.1, -0.05) is 17.3 Å². The average Bonchev–Trinajstić information content (AvgIpc) is 3.22. The number of aliphatic hydroxyl groups excluding tert-OH is 2. The Labute approximate surface area is 192 Å². The summed E-state index contributed by atoms with van der Waals surface area (Å²) in [5, 5.41) is 32.4. The minimum absolute atomic E-state index is 0.0921. The lowest BCUT2D eigenvalue weighted by Gasteiger charge is -2.21. The van der Waals surface area contributed by atoms with Crippen LogP contribution in [0.5, 0.6) is 5.88 Å². The van der Waals surface area contributed by atoms with Crippen LogP contribution in [0.25, 0.3) is 22.8 Å². The first-order valence-corrected chi connectivity index (χ1v) is 11.0. The van der Waals surface area contributed by atoms with E-state index in [1.165, 1.54) is 11.1 Å². The van der Waals surface area contributed by atoms with Crippen molar-refractivity contribution >= 4 is 0 Å². The molecule has 0 aliphatic carbocycles. The number of β-amino-alcohol motifs (C(OH)–C–C–N with tert-alkyl or cyclic N) is 1. The number of hydrogen-bond donors (Lipinski definition) is 2. The monoisotopic (exact) mass is 449 g/mol. The second-order valence-electron chi connectivity index (χ2n) is 8.40. The van der Waals surface area contributed by atoms with Crippen LogP contribution in [0, 0.1) is 11.3 Å². The van der Waals surface area contributed by atoms with Crippen molar-refractivity contribution in [2.24, 2.45) is 0 Å². The molecule has 33 heavy (non-hydrogen) atoms. The highest BCUT2D eigenvalue weighted by Crippen LogP contribution is 2.27. The van der Waals surface area contributed by atoms with E-state index in [1.54, 1.807) is 12.3 Å². The lowest BCUT2D eigenvalue weighted by molar-refractivity contribution is 0.0605. The molecule has 1 aromatic carbocycles. The summed E-state index contributed by atoms with van der Waals surface area (Å²) in [6.45, 7) is 5.62. The molecule has 0 bridgehead atoms. The molecule has 1 atom stereocenters. The molecule has 0 saturated carbocycles. The molecule has 0 saturated heterocycles. The van der Waals surface area contributed by atoms with Crippen LogP contribution in [-0.2, 0) is 12.8 Å². The largest absolute Gasteiger partial charge is 0.474 e. The molecule has 9 nitrogen and oxygen atoms in total. The maximum Gasteiger partial charge on any atom is 0.259 e. The number of nitriles is 1. The fourth-order valence-electron chi connectivity index (χ4n) is 3.87. The van der Waals surface area contributed by atoms with Crippen molar-refractivity contribution in [2.75, 3.05) is 26.2 Å². The maximum atomic E-state index is 9.75. The molecule has 1 aliphatic rings. The number of ether oxygens (including phenoxy) is 1. The Morgan fingerprint density at radius 3 is 2.70 bits per heavy atom. The van der Waals surface area contributed by atoms with E-state index in [1.807, 2.05) is 19.9 Å². The summed E-state index contributed by atoms with van der Waals surface area (Å²) in [6, 6.07) is 9.87. The van der Waals surface area contributed by atoms with Gasteiger partial charge in [0.05, 0.1) is 24.4 Å². The van der Waals surface area contributed by atoms with Crippen LogP contribution in [0.4, 0.5) is 0 Å². The highest BCUT2D eigenvalue weighted by Gasteiger charge is 2.19. The van der Waals surface area contributed by atoms with Crippen LogP contribution in [-0.4, -0.2) is 68.7 Å². The summed E-state index contributed by atoms with van der Waals surface area (Å²) in [5.41, 5.74) is 4.17. The van der Waals surface area contributed by atoms with Crippen molar-refractivity contribution < 1.29 is 19.5 Å². The van der Waals surface area contributed by atoms with Crippen molar-refractivity contribution in [1.82, 2.24) is 20.0 Å². The molecule has 0 unspecified atom stereocenters. The summed E-state index contributed by atoms with van der Waals surface area (Å²) in [4.78, 5) is 10.9. The lowest BCUT2D eigenvalue weighted by Crippen LogP contribution is -2.35. The number of rotatable bonds is 7. The number of fused-ring (bicyclic) bond motifs is 1. The molecule has 2 N–H and O–H groups in total. The van der Waals surface area contributed by atoms with Crippen LogP contribution in [0.3, 0.4) is 0 Å². The van der Waals surface area contributed by atoms with Gasteiger partial charge in [-0.2, -0.15) is 10.2 Å². The van der Waals surface area contributed by atoms with Gasteiger partial charge in [0, 0.05) is 31.4 Å². The van der Waals surface area contributed by atoms with Crippen molar-refractivity contribution in [1.29, 1.82) is 5.26 Å². The van der Waals surface area contributed by atoms with Crippen molar-refractivity contribution in [3.8, 4) is 34.8 Å². The SMILES string of the molecule is CC(C)Oc1ncc(-c2nc(-c3ccc4c(c3)CCN(C[C@H](O)CO)CC4)no2)cc1C#N. The van der Waals surface area contributed by atoms with Gasteiger partial charge >= 0.3 is 0 Å². The molecule has 4 rings (SSSR count). The fraction of sp³-hybridized carbons (Fsp3) is 0.417. The van der Waals surface area contributed by atoms with E-state index in [-0.39, 0.29) is 24.5 Å². The van der Waals surface area contributed by atoms with E-state index >= 15 is 0 Å². The molecule has 1 aliphatic heterocycles. The number of benzene rings is 1. The number of hydrogen-bond acceptors (Lipinski definition) is 9. The molecule has 0 spiro atoms. The molecule has 0 fully saturated rings. The number of nitrogens with zero attached hydrogens (tertiary/aromatic N) is 5. The number of aromatic nitrogens is 3. The van der Waals surface area contributed by atoms with Gasteiger partial charge in [0.15, 0.2) is 0 Å². The average molecular weight is 450 g/mol. The normalized spacial score (nSPS) is 15.0. The zero-order valence-corrected chi connectivity index (χ0v) is 18.7. The topological polar surface area (TPSA) is 129 Å². The van der Waals surface area contributed by atoms with Crippen LogP contribution in [0.2, 0.25) is 0 Å². The lowest BCUT2D eigenvalue weighted by atomic mass is 10.00. The zero-order valence-electron chi connectivity index (χ0n) is 18.7. The number of pyridine rings is 1. The Balaban J connectivity index is 1.53. The van der Waals surface area contributed by atoms with Gasteiger partial charge in [-0.15, -0.1) is 0 Å². The summed E-state index contributed by atoms with van der Waals surface area (Å²) < 4.78 is 11.0. The molecule has 0 amide bonds. The van der Waals surface area contributed by atoms with Crippen molar-refractivity contribution in [3.05, 3.63) is 47.2 Å². The Bertz CT molecular complexity index is 1150. The highest BCUT2D eigenvalue weighted by molar-refractivity contribution is 5.62. The molecule has 0 radical (unpaired) electrons. The summed E-state index contributed by atoms with van der Waals surface area (Å²) in [5.74, 6) is 1.03. The third-order valence-corrected chi connectivity index (χ3v) is 5.53. The first-order chi connectivity index (χ1) is 16.0. The van der Waals surface area contributed by atoms with Gasteiger partial charge in [-0.25, -0.2) is 4.98 Å². The molecule has 2 aromatic heterocycles. The highest BCUT2D eigenvalue weighted by atomic mass is 16.5. The minimum Gasteiger partial charge on any atom is -0.474 e. The van der Waals surface area contributed by atoms with Crippen LogP contribution >= 0.6 is 0 Å². The van der Waals surface area contributed by atoms with E-state index in [2.05, 4.69) is 38.2 Å². The Morgan fingerprint density at radius 2 is 1.97 bits per heavy atom.